The Balaban J connectivity index is 1.55. The Labute approximate surface area is 126 Å². The minimum atomic E-state index is 0.743. The normalized spacial score (nSPS) is 18.0. The first kappa shape index (κ1) is 13.1. The van der Waals surface area contributed by atoms with Gasteiger partial charge in [-0.15, -0.1) is 0 Å². The van der Waals surface area contributed by atoms with Crippen LogP contribution < -0.4 is 5.32 Å². The van der Waals surface area contributed by atoms with Crippen molar-refractivity contribution in [2.24, 2.45) is 0 Å². The number of fused-ring (bicyclic) bond motifs is 1. The van der Waals surface area contributed by atoms with E-state index in [1.54, 1.807) is 11.8 Å². The lowest BCUT2D eigenvalue weighted by molar-refractivity contribution is 0.224. The molecule has 1 aromatic carbocycles. The van der Waals surface area contributed by atoms with Crippen LogP contribution in [-0.2, 0) is 26.1 Å². The second-order valence-corrected chi connectivity index (χ2v) is 6.20. The number of nitrogens with one attached hydrogen (secondary N) is 1. The van der Waals surface area contributed by atoms with Gasteiger partial charge >= 0.3 is 0 Å². The lowest BCUT2D eigenvalue weighted by Gasteiger charge is -2.25. The van der Waals surface area contributed by atoms with Crippen LogP contribution >= 0.6 is 0 Å². The van der Waals surface area contributed by atoms with Crippen LogP contribution in [0.15, 0.2) is 41.0 Å². The zero-order valence-electron chi connectivity index (χ0n) is 12.3. The van der Waals surface area contributed by atoms with Crippen molar-refractivity contribution in [2.45, 2.75) is 44.9 Å². The molecule has 110 valence electrons. The molecule has 1 N–H and O–H groups in total. The van der Waals surface area contributed by atoms with E-state index in [4.69, 9.17) is 4.42 Å². The monoisotopic (exact) mass is 282 g/mol. The molecular formula is C18H22N2O. The quantitative estimate of drug-likeness (QED) is 0.913. The average molecular weight is 282 g/mol. The first-order valence-corrected chi connectivity index (χ1v) is 7.97. The van der Waals surface area contributed by atoms with Crippen molar-refractivity contribution < 1.29 is 4.42 Å². The fourth-order valence-corrected chi connectivity index (χ4v) is 3.33. The third-order valence-electron chi connectivity index (χ3n) is 4.61. The molecule has 1 aromatic heterocycles. The van der Waals surface area contributed by atoms with Gasteiger partial charge in [0.2, 0.25) is 0 Å². The van der Waals surface area contributed by atoms with Crippen LogP contribution in [0.5, 0.6) is 0 Å². The van der Waals surface area contributed by atoms with Gasteiger partial charge in [0.05, 0.1) is 12.8 Å². The minimum absolute atomic E-state index is 0.743. The van der Waals surface area contributed by atoms with E-state index in [9.17, 15) is 0 Å². The van der Waals surface area contributed by atoms with Crippen LogP contribution in [0.3, 0.4) is 0 Å². The van der Waals surface area contributed by atoms with Gasteiger partial charge in [0.15, 0.2) is 0 Å². The van der Waals surface area contributed by atoms with Gasteiger partial charge in [0.1, 0.15) is 5.76 Å². The smallest absolute Gasteiger partial charge is 0.117 e. The Hall–Kier alpha value is -1.58. The summed E-state index contributed by atoms with van der Waals surface area (Å²) in [6.07, 6.45) is 5.59. The van der Waals surface area contributed by atoms with Gasteiger partial charge in [-0.2, -0.15) is 0 Å². The van der Waals surface area contributed by atoms with Crippen molar-refractivity contribution in [3.63, 3.8) is 0 Å². The van der Waals surface area contributed by atoms with Crippen molar-refractivity contribution in [2.75, 3.05) is 6.54 Å². The third-order valence-corrected chi connectivity index (χ3v) is 4.61. The number of rotatable bonds is 5. The molecule has 0 spiro atoms. The van der Waals surface area contributed by atoms with Crippen LogP contribution in [0.4, 0.5) is 0 Å². The largest absolute Gasteiger partial charge is 0.468 e. The average Bonchev–Trinajstić information content (AvgIpc) is 3.25. The van der Waals surface area contributed by atoms with Crippen molar-refractivity contribution >= 4 is 0 Å². The topological polar surface area (TPSA) is 28.4 Å². The molecule has 1 saturated carbocycles. The number of hydrogen-bond acceptors (Lipinski definition) is 3. The van der Waals surface area contributed by atoms with E-state index >= 15 is 0 Å². The molecule has 4 rings (SSSR count). The summed E-state index contributed by atoms with van der Waals surface area (Å²) in [5, 5.41) is 3.46. The van der Waals surface area contributed by atoms with Crippen molar-refractivity contribution in [3.8, 4) is 0 Å². The molecule has 2 heterocycles. The summed E-state index contributed by atoms with van der Waals surface area (Å²) in [5.41, 5.74) is 4.56. The highest BCUT2D eigenvalue weighted by Gasteiger charge is 2.30. The summed E-state index contributed by atoms with van der Waals surface area (Å²) < 4.78 is 5.54. The molecule has 2 aromatic rings. The van der Waals surface area contributed by atoms with Crippen molar-refractivity contribution in [1.82, 2.24) is 10.2 Å². The lowest BCUT2D eigenvalue weighted by Crippen LogP contribution is -2.28. The highest BCUT2D eigenvalue weighted by molar-refractivity contribution is 5.37. The first-order valence-electron chi connectivity index (χ1n) is 7.97. The number of nitrogens with zero attached hydrogens (tertiary/aromatic N) is 1. The lowest BCUT2D eigenvalue weighted by atomic mass is 9.95. The summed E-state index contributed by atoms with van der Waals surface area (Å²) in [6, 6.07) is 11.6. The molecular weight excluding hydrogens is 260 g/mol. The van der Waals surface area contributed by atoms with Gasteiger partial charge in [-0.05, 0) is 54.6 Å². The zero-order valence-corrected chi connectivity index (χ0v) is 12.3. The molecule has 1 fully saturated rings. The summed E-state index contributed by atoms with van der Waals surface area (Å²) in [5.74, 6) is 1.08. The molecule has 3 nitrogen and oxygen atoms in total. The minimum Gasteiger partial charge on any atom is -0.468 e. The fraction of sp³-hybridized carbons (Fsp3) is 0.444. The maximum absolute atomic E-state index is 5.54. The van der Waals surface area contributed by atoms with Gasteiger partial charge < -0.3 is 9.73 Å². The Morgan fingerprint density at radius 3 is 2.90 bits per heavy atom. The highest BCUT2D eigenvalue weighted by Crippen LogP contribution is 2.31. The van der Waals surface area contributed by atoms with Crippen LogP contribution in [0, 0.1) is 0 Å². The molecule has 21 heavy (non-hydrogen) atoms. The van der Waals surface area contributed by atoms with Crippen LogP contribution in [0.25, 0.3) is 0 Å². The summed E-state index contributed by atoms with van der Waals surface area (Å²) in [4.78, 5) is 2.58. The molecule has 0 saturated heterocycles. The van der Waals surface area contributed by atoms with E-state index < -0.39 is 0 Å². The molecule has 1 aliphatic heterocycles. The van der Waals surface area contributed by atoms with Gasteiger partial charge in [-0.3, -0.25) is 4.90 Å². The summed E-state index contributed by atoms with van der Waals surface area (Å²) in [7, 11) is 0. The van der Waals surface area contributed by atoms with Gasteiger partial charge in [0, 0.05) is 19.1 Å². The zero-order chi connectivity index (χ0) is 14.1. The number of furan rings is 1. The first-order chi connectivity index (χ1) is 10.4. The summed E-state index contributed by atoms with van der Waals surface area (Å²) >= 11 is 0. The van der Waals surface area contributed by atoms with E-state index in [2.05, 4.69) is 34.5 Å². The molecule has 3 heteroatoms. The standard InChI is InChI=1S/C18H22N2O/c1-3-14-11-19-9-8-18(14)15(4-1)12-20(16-6-7-16)13-17-5-2-10-21-17/h1-5,10,16,19H,6-9,11-13H2. The van der Waals surface area contributed by atoms with Crippen LogP contribution in [0.2, 0.25) is 0 Å². The molecule has 1 aliphatic carbocycles. The molecule has 0 atom stereocenters. The molecule has 0 radical (unpaired) electrons. The third kappa shape index (κ3) is 2.89. The molecule has 0 unspecified atom stereocenters. The fourth-order valence-electron chi connectivity index (χ4n) is 3.33. The Bertz CT molecular complexity index is 602. The predicted molar refractivity (Wildman–Crippen MR) is 82.8 cm³/mol. The van der Waals surface area contributed by atoms with Gasteiger partial charge in [-0.1, -0.05) is 18.2 Å². The van der Waals surface area contributed by atoms with Gasteiger partial charge in [0.25, 0.3) is 0 Å². The summed E-state index contributed by atoms with van der Waals surface area (Å²) in [6.45, 7) is 4.10. The van der Waals surface area contributed by atoms with E-state index in [0.29, 0.717) is 0 Å². The molecule has 0 amide bonds. The van der Waals surface area contributed by atoms with E-state index in [0.717, 1.165) is 44.4 Å². The molecule has 0 bridgehead atoms. The van der Waals surface area contributed by atoms with Crippen LogP contribution in [-0.4, -0.2) is 17.5 Å². The Kier molecular flexibility index (Phi) is 3.53. The number of hydrogen-bond donors (Lipinski definition) is 1. The second-order valence-electron chi connectivity index (χ2n) is 6.20. The van der Waals surface area contributed by atoms with E-state index in [1.165, 1.54) is 24.0 Å². The van der Waals surface area contributed by atoms with Crippen molar-refractivity contribution in [3.05, 3.63) is 59.0 Å². The second kappa shape index (κ2) is 5.66. The highest BCUT2D eigenvalue weighted by atomic mass is 16.3. The Morgan fingerprint density at radius 1 is 1.14 bits per heavy atom. The van der Waals surface area contributed by atoms with Crippen LogP contribution in [0.1, 0.15) is 35.3 Å². The van der Waals surface area contributed by atoms with Gasteiger partial charge in [-0.25, -0.2) is 0 Å². The predicted octanol–water partition coefficient (Wildman–Crippen LogP) is 3.09. The van der Waals surface area contributed by atoms with Crippen molar-refractivity contribution in [1.29, 1.82) is 0 Å². The maximum Gasteiger partial charge on any atom is 0.117 e. The Morgan fingerprint density at radius 2 is 2.10 bits per heavy atom. The van der Waals surface area contributed by atoms with E-state index in [1.807, 2.05) is 6.07 Å². The number of benzene rings is 1. The molecule has 2 aliphatic rings. The SMILES string of the molecule is c1coc(CN(Cc2cccc3c2CCNC3)C2CC2)c1. The van der Waals surface area contributed by atoms with E-state index in [-0.39, 0.29) is 0 Å². The maximum atomic E-state index is 5.54.